The molecule has 30 heavy (non-hydrogen) atoms. The molecular weight excluding hydrogens is 378 g/mol. The molecule has 3 aromatic carbocycles. The molecule has 0 radical (unpaired) electrons. The summed E-state index contributed by atoms with van der Waals surface area (Å²) in [6.45, 7) is 4.20. The SMILES string of the molecule is CCCNc1cc(C(=O)Cc2ccc(C3OCCO3)cc2)cc2ccc(OC)cc12. The molecule has 1 aliphatic rings. The Kier molecular flexibility index (Phi) is 6.31. The molecule has 0 amide bonds. The van der Waals surface area contributed by atoms with Crippen molar-refractivity contribution in [2.45, 2.75) is 26.1 Å². The van der Waals surface area contributed by atoms with Gasteiger partial charge in [-0.2, -0.15) is 0 Å². The van der Waals surface area contributed by atoms with E-state index in [0.29, 0.717) is 25.2 Å². The standard InChI is InChI=1S/C25H27NO4/c1-3-10-26-23-15-20(14-19-8-9-21(28-2)16-22(19)23)24(27)13-17-4-6-18(7-5-17)25-29-11-12-30-25/h4-9,14-16,25-26H,3,10-13H2,1-2H3. The zero-order chi connectivity index (χ0) is 20.9. The molecule has 0 unspecified atom stereocenters. The van der Waals surface area contributed by atoms with Gasteiger partial charge in [-0.15, -0.1) is 0 Å². The van der Waals surface area contributed by atoms with Crippen LogP contribution < -0.4 is 10.1 Å². The first-order valence-electron chi connectivity index (χ1n) is 10.4. The third-order valence-corrected chi connectivity index (χ3v) is 5.29. The Labute approximate surface area is 177 Å². The van der Waals surface area contributed by atoms with E-state index in [1.165, 1.54) is 0 Å². The van der Waals surface area contributed by atoms with E-state index in [0.717, 1.165) is 46.3 Å². The maximum absolute atomic E-state index is 13.0. The first kappa shape index (κ1) is 20.4. The van der Waals surface area contributed by atoms with Gasteiger partial charge < -0.3 is 19.5 Å². The third kappa shape index (κ3) is 4.48. The number of anilines is 1. The normalized spacial score (nSPS) is 14.2. The van der Waals surface area contributed by atoms with E-state index in [-0.39, 0.29) is 12.1 Å². The lowest BCUT2D eigenvalue weighted by Gasteiger charge is -2.13. The highest BCUT2D eigenvalue weighted by molar-refractivity contribution is 6.05. The van der Waals surface area contributed by atoms with Crippen LogP contribution in [-0.4, -0.2) is 32.7 Å². The summed E-state index contributed by atoms with van der Waals surface area (Å²) >= 11 is 0. The first-order chi connectivity index (χ1) is 14.7. The molecule has 0 saturated carbocycles. The number of ketones is 1. The van der Waals surface area contributed by atoms with Gasteiger partial charge in [-0.3, -0.25) is 4.79 Å². The topological polar surface area (TPSA) is 56.8 Å². The van der Waals surface area contributed by atoms with E-state index in [2.05, 4.69) is 12.2 Å². The summed E-state index contributed by atoms with van der Waals surface area (Å²) in [5.74, 6) is 0.893. The van der Waals surface area contributed by atoms with Crippen molar-refractivity contribution < 1.29 is 19.0 Å². The molecule has 0 aromatic heterocycles. The molecular formula is C25H27NO4. The predicted octanol–water partition coefficient (Wildman–Crippen LogP) is 5.14. The number of rotatable bonds is 8. The van der Waals surface area contributed by atoms with Crippen LogP contribution in [0.15, 0.2) is 54.6 Å². The lowest BCUT2D eigenvalue weighted by atomic mass is 9.98. The van der Waals surface area contributed by atoms with Gasteiger partial charge in [-0.1, -0.05) is 37.3 Å². The van der Waals surface area contributed by atoms with Crippen molar-refractivity contribution in [2.24, 2.45) is 0 Å². The van der Waals surface area contributed by atoms with Crippen LogP contribution >= 0.6 is 0 Å². The van der Waals surface area contributed by atoms with E-state index in [1.54, 1.807) is 7.11 Å². The highest BCUT2D eigenvalue weighted by Crippen LogP contribution is 2.30. The Morgan fingerprint density at radius 3 is 2.53 bits per heavy atom. The third-order valence-electron chi connectivity index (χ3n) is 5.29. The van der Waals surface area contributed by atoms with Gasteiger partial charge in [0.05, 0.1) is 20.3 Å². The number of nitrogens with one attached hydrogen (secondary N) is 1. The van der Waals surface area contributed by atoms with Crippen LogP contribution in [-0.2, 0) is 15.9 Å². The summed E-state index contributed by atoms with van der Waals surface area (Å²) in [5.41, 5.74) is 3.62. The quantitative estimate of drug-likeness (QED) is 0.526. The molecule has 1 saturated heterocycles. The van der Waals surface area contributed by atoms with Crippen LogP contribution in [0.25, 0.3) is 10.8 Å². The van der Waals surface area contributed by atoms with Crippen LogP contribution in [0, 0.1) is 0 Å². The lowest BCUT2D eigenvalue weighted by Crippen LogP contribution is -2.07. The van der Waals surface area contributed by atoms with Gasteiger partial charge in [-0.05, 0) is 41.6 Å². The highest BCUT2D eigenvalue weighted by atomic mass is 16.7. The Balaban J connectivity index is 1.57. The van der Waals surface area contributed by atoms with Gasteiger partial charge in [0.15, 0.2) is 12.1 Å². The number of ether oxygens (including phenoxy) is 3. The maximum Gasteiger partial charge on any atom is 0.184 e. The van der Waals surface area contributed by atoms with Crippen LogP contribution in [0.2, 0.25) is 0 Å². The molecule has 1 heterocycles. The average molecular weight is 405 g/mol. The van der Waals surface area contributed by atoms with Gasteiger partial charge in [0.2, 0.25) is 0 Å². The summed E-state index contributed by atoms with van der Waals surface area (Å²) in [6.07, 6.45) is 1.06. The number of carbonyl (C=O) groups excluding carboxylic acids is 1. The predicted molar refractivity (Wildman–Crippen MR) is 118 cm³/mol. The molecule has 0 aliphatic carbocycles. The monoisotopic (exact) mass is 405 g/mol. The molecule has 0 spiro atoms. The van der Waals surface area contributed by atoms with Crippen molar-refractivity contribution in [3.05, 3.63) is 71.3 Å². The first-order valence-corrected chi connectivity index (χ1v) is 10.4. The fourth-order valence-corrected chi connectivity index (χ4v) is 3.66. The van der Waals surface area contributed by atoms with Gasteiger partial charge in [0.25, 0.3) is 0 Å². The minimum absolute atomic E-state index is 0.0911. The Morgan fingerprint density at radius 2 is 1.83 bits per heavy atom. The zero-order valence-electron chi connectivity index (χ0n) is 17.4. The van der Waals surface area contributed by atoms with Crippen molar-refractivity contribution in [1.82, 2.24) is 0 Å². The molecule has 4 rings (SSSR count). The van der Waals surface area contributed by atoms with Gasteiger partial charge in [-0.25, -0.2) is 0 Å². The lowest BCUT2D eigenvalue weighted by molar-refractivity contribution is -0.0441. The Morgan fingerprint density at radius 1 is 1.07 bits per heavy atom. The van der Waals surface area contributed by atoms with E-state index in [1.807, 2.05) is 54.6 Å². The van der Waals surface area contributed by atoms with Crippen molar-refractivity contribution in [1.29, 1.82) is 0 Å². The molecule has 156 valence electrons. The number of methoxy groups -OCH3 is 1. The summed E-state index contributed by atoms with van der Waals surface area (Å²) in [4.78, 5) is 13.0. The second-order valence-electron chi connectivity index (χ2n) is 7.45. The van der Waals surface area contributed by atoms with Crippen LogP contribution in [0.4, 0.5) is 5.69 Å². The van der Waals surface area contributed by atoms with Crippen molar-refractivity contribution in [2.75, 3.05) is 32.2 Å². The summed E-state index contributed by atoms with van der Waals surface area (Å²) in [5, 5.41) is 5.53. The van der Waals surface area contributed by atoms with Crippen molar-refractivity contribution in [3.63, 3.8) is 0 Å². The average Bonchev–Trinajstić information content (AvgIpc) is 3.32. The van der Waals surface area contributed by atoms with Crippen LogP contribution in [0.3, 0.4) is 0 Å². The van der Waals surface area contributed by atoms with Crippen LogP contribution in [0.5, 0.6) is 5.75 Å². The van der Waals surface area contributed by atoms with Crippen molar-refractivity contribution in [3.8, 4) is 5.75 Å². The van der Waals surface area contributed by atoms with E-state index < -0.39 is 0 Å². The van der Waals surface area contributed by atoms with Crippen molar-refractivity contribution >= 4 is 22.2 Å². The van der Waals surface area contributed by atoms with E-state index in [4.69, 9.17) is 14.2 Å². The Bertz CT molecular complexity index is 1020. The highest BCUT2D eigenvalue weighted by Gasteiger charge is 2.18. The minimum Gasteiger partial charge on any atom is -0.497 e. The number of Topliss-reactive ketones (excluding diaryl/α,β-unsaturated/α-hetero) is 1. The second-order valence-corrected chi connectivity index (χ2v) is 7.45. The number of hydrogen-bond donors (Lipinski definition) is 1. The summed E-state index contributed by atoms with van der Waals surface area (Å²) < 4.78 is 16.4. The fraction of sp³-hybridized carbons (Fsp3) is 0.320. The van der Waals surface area contributed by atoms with E-state index in [9.17, 15) is 4.79 Å². The molecule has 0 bridgehead atoms. The minimum atomic E-state index is -0.292. The molecule has 3 aromatic rings. The smallest absolute Gasteiger partial charge is 0.184 e. The molecule has 1 aliphatic heterocycles. The summed E-state index contributed by atoms with van der Waals surface area (Å²) in [6, 6.07) is 17.7. The largest absolute Gasteiger partial charge is 0.497 e. The number of hydrogen-bond acceptors (Lipinski definition) is 5. The molecule has 0 atom stereocenters. The number of benzene rings is 3. The van der Waals surface area contributed by atoms with Crippen LogP contribution in [0.1, 0.15) is 41.1 Å². The maximum atomic E-state index is 13.0. The zero-order valence-corrected chi connectivity index (χ0v) is 17.4. The van der Waals surface area contributed by atoms with Gasteiger partial charge >= 0.3 is 0 Å². The fourth-order valence-electron chi connectivity index (χ4n) is 3.66. The van der Waals surface area contributed by atoms with E-state index >= 15 is 0 Å². The molecule has 1 fully saturated rings. The van der Waals surface area contributed by atoms with Gasteiger partial charge in [0, 0.05) is 35.2 Å². The van der Waals surface area contributed by atoms with Gasteiger partial charge in [0.1, 0.15) is 5.75 Å². The molecule has 5 heteroatoms. The molecule has 1 N–H and O–H groups in total. The Hall–Kier alpha value is -2.89. The number of carbonyl (C=O) groups is 1. The molecule has 5 nitrogen and oxygen atoms in total. The number of fused-ring (bicyclic) bond motifs is 1. The second kappa shape index (κ2) is 9.28. The summed E-state index contributed by atoms with van der Waals surface area (Å²) in [7, 11) is 1.66.